The summed E-state index contributed by atoms with van der Waals surface area (Å²) in [5.41, 5.74) is 2.36. The maximum atomic E-state index is 12.8. The third kappa shape index (κ3) is 5.25. The lowest BCUT2D eigenvalue weighted by Crippen LogP contribution is -2.22. The highest BCUT2D eigenvalue weighted by molar-refractivity contribution is 5.88. The van der Waals surface area contributed by atoms with E-state index >= 15 is 0 Å². The number of esters is 1. The van der Waals surface area contributed by atoms with E-state index < -0.39 is 11.6 Å². The maximum absolute atomic E-state index is 12.8. The number of rotatable bonds is 7. The third-order valence-corrected chi connectivity index (χ3v) is 4.63. The van der Waals surface area contributed by atoms with Crippen LogP contribution in [0.5, 0.6) is 5.75 Å². The van der Waals surface area contributed by atoms with Crippen LogP contribution in [0.25, 0.3) is 28.5 Å². The number of aromatic nitrogens is 4. The van der Waals surface area contributed by atoms with E-state index in [9.17, 15) is 9.59 Å². The number of nitrogens with zero attached hydrogens (tertiary/aromatic N) is 3. The average Bonchev–Trinajstić information content (AvgIpc) is 3.02. The van der Waals surface area contributed by atoms with Crippen molar-refractivity contribution in [3.63, 3.8) is 0 Å². The molecular formula is C24H30N4O4. The normalized spacial score (nSPS) is 11.9. The summed E-state index contributed by atoms with van der Waals surface area (Å²) < 4.78 is 12.7. The summed E-state index contributed by atoms with van der Waals surface area (Å²) in [5.74, 6) is 0.551. The molecule has 0 unspecified atom stereocenters. The zero-order valence-electron chi connectivity index (χ0n) is 19.5. The topological polar surface area (TPSA) is 99.1 Å². The number of carbonyl (C=O) groups is 1. The Labute approximate surface area is 187 Å². The number of fused-ring (bicyclic) bond motifs is 1. The summed E-state index contributed by atoms with van der Waals surface area (Å²) >= 11 is 0. The van der Waals surface area contributed by atoms with E-state index in [0.29, 0.717) is 34.8 Å². The molecule has 3 rings (SSSR count). The molecule has 32 heavy (non-hydrogen) atoms. The molecule has 0 bridgehead atoms. The van der Waals surface area contributed by atoms with Gasteiger partial charge in [0.05, 0.1) is 17.9 Å². The van der Waals surface area contributed by atoms with E-state index in [2.05, 4.69) is 17.0 Å². The molecule has 170 valence electrons. The van der Waals surface area contributed by atoms with Crippen molar-refractivity contribution in [1.29, 1.82) is 0 Å². The van der Waals surface area contributed by atoms with E-state index in [-0.39, 0.29) is 5.56 Å². The van der Waals surface area contributed by atoms with Crippen LogP contribution in [0, 0.1) is 0 Å². The van der Waals surface area contributed by atoms with Crippen molar-refractivity contribution >= 4 is 23.1 Å². The summed E-state index contributed by atoms with van der Waals surface area (Å²) in [6.07, 6.45) is 4.66. The van der Waals surface area contributed by atoms with Crippen LogP contribution < -0.4 is 10.3 Å². The Bertz CT molecular complexity index is 1220. The van der Waals surface area contributed by atoms with E-state index in [4.69, 9.17) is 14.5 Å². The predicted molar refractivity (Wildman–Crippen MR) is 125 cm³/mol. The zero-order valence-corrected chi connectivity index (χ0v) is 19.5. The molecule has 0 atom stereocenters. The van der Waals surface area contributed by atoms with E-state index in [1.165, 1.54) is 6.08 Å². The van der Waals surface area contributed by atoms with Crippen molar-refractivity contribution in [3.05, 3.63) is 45.9 Å². The summed E-state index contributed by atoms with van der Waals surface area (Å²) in [4.78, 5) is 32.5. The molecule has 0 spiro atoms. The highest BCUT2D eigenvalue weighted by Gasteiger charge is 2.18. The van der Waals surface area contributed by atoms with Crippen molar-refractivity contribution in [1.82, 2.24) is 19.7 Å². The Morgan fingerprint density at radius 3 is 2.66 bits per heavy atom. The van der Waals surface area contributed by atoms with Crippen molar-refractivity contribution in [2.75, 3.05) is 6.61 Å². The fourth-order valence-electron chi connectivity index (χ4n) is 3.40. The van der Waals surface area contributed by atoms with Gasteiger partial charge in [-0.3, -0.25) is 9.48 Å². The Morgan fingerprint density at radius 1 is 1.25 bits per heavy atom. The number of hydrogen-bond acceptors (Lipinski definition) is 6. The second-order valence-electron chi connectivity index (χ2n) is 8.49. The number of aryl methyl sites for hydroxylation is 2. The second kappa shape index (κ2) is 9.38. The fraction of sp³-hybridized carbons (Fsp3) is 0.417. The predicted octanol–water partition coefficient (Wildman–Crippen LogP) is 4.03. The van der Waals surface area contributed by atoms with Crippen LogP contribution >= 0.6 is 0 Å². The maximum Gasteiger partial charge on any atom is 0.331 e. The van der Waals surface area contributed by atoms with Crippen molar-refractivity contribution < 1.29 is 14.3 Å². The quantitative estimate of drug-likeness (QED) is 0.442. The Morgan fingerprint density at radius 2 is 2.00 bits per heavy atom. The summed E-state index contributed by atoms with van der Waals surface area (Å²) in [6, 6.07) is 5.46. The third-order valence-electron chi connectivity index (χ3n) is 4.63. The summed E-state index contributed by atoms with van der Waals surface area (Å²) in [6.45, 7) is 9.86. The van der Waals surface area contributed by atoms with Gasteiger partial charge in [0.15, 0.2) is 5.52 Å². The summed E-state index contributed by atoms with van der Waals surface area (Å²) in [7, 11) is 1.74. The second-order valence-corrected chi connectivity index (χ2v) is 8.49. The van der Waals surface area contributed by atoms with Gasteiger partial charge in [0.1, 0.15) is 22.7 Å². The molecule has 1 N–H and O–H groups in total. The average molecular weight is 439 g/mol. The molecule has 0 aliphatic carbocycles. The number of aromatic amines is 1. The lowest BCUT2D eigenvalue weighted by atomic mass is 10.1. The number of benzene rings is 1. The minimum Gasteiger partial charge on any atom is -0.493 e. The molecule has 0 saturated heterocycles. The van der Waals surface area contributed by atoms with Crippen molar-refractivity contribution in [2.45, 2.75) is 53.1 Å². The Kier molecular flexibility index (Phi) is 6.81. The fourth-order valence-corrected chi connectivity index (χ4v) is 3.40. The van der Waals surface area contributed by atoms with Gasteiger partial charge < -0.3 is 14.5 Å². The van der Waals surface area contributed by atoms with Crippen LogP contribution in [0.4, 0.5) is 0 Å². The molecule has 0 aliphatic rings. The van der Waals surface area contributed by atoms with Crippen LogP contribution in [0.15, 0.2) is 29.1 Å². The molecule has 1 aromatic carbocycles. The molecular weight excluding hydrogens is 408 g/mol. The van der Waals surface area contributed by atoms with Crippen LogP contribution in [0.3, 0.4) is 0 Å². The molecule has 0 radical (unpaired) electrons. The van der Waals surface area contributed by atoms with Gasteiger partial charge in [-0.2, -0.15) is 5.10 Å². The van der Waals surface area contributed by atoms with E-state index in [1.807, 2.05) is 39.8 Å². The molecule has 3 aromatic rings. The van der Waals surface area contributed by atoms with Gasteiger partial charge in [-0.25, -0.2) is 9.78 Å². The standard InChI is InChI=1S/C24H30N4O4/c1-7-9-17-20-21(28(6)27-17)23(30)26-22(25-20)16-14-15(10-12-18(16)31-8-2)11-13-19(29)32-24(3,4)5/h10-14H,7-9H2,1-6H3,(H,25,26,30). The first kappa shape index (κ1) is 23.2. The molecule has 8 heteroatoms. The number of ether oxygens (including phenoxy) is 2. The Balaban J connectivity index is 2.08. The highest BCUT2D eigenvalue weighted by Crippen LogP contribution is 2.30. The minimum absolute atomic E-state index is 0.264. The van der Waals surface area contributed by atoms with Crippen molar-refractivity contribution in [2.24, 2.45) is 7.05 Å². The van der Waals surface area contributed by atoms with E-state index in [0.717, 1.165) is 24.1 Å². The molecule has 2 heterocycles. The SMILES string of the molecule is CCCc1nn(C)c2c(=O)[nH]c(-c3cc(C=CC(=O)OC(C)(C)C)ccc3OCC)nc12. The molecule has 0 saturated carbocycles. The van der Waals surface area contributed by atoms with E-state index in [1.54, 1.807) is 23.9 Å². The van der Waals surface area contributed by atoms with Gasteiger partial charge in [-0.05, 0) is 57.9 Å². The first-order valence-corrected chi connectivity index (χ1v) is 10.8. The number of hydrogen-bond donors (Lipinski definition) is 1. The monoisotopic (exact) mass is 438 g/mol. The molecule has 0 aliphatic heterocycles. The van der Waals surface area contributed by atoms with Gasteiger partial charge in [0.2, 0.25) is 0 Å². The smallest absolute Gasteiger partial charge is 0.331 e. The van der Waals surface area contributed by atoms with Crippen LogP contribution in [0.1, 0.15) is 52.3 Å². The lowest BCUT2D eigenvalue weighted by molar-refractivity contribution is -0.148. The first-order chi connectivity index (χ1) is 15.1. The van der Waals surface area contributed by atoms with Gasteiger partial charge in [0, 0.05) is 13.1 Å². The zero-order chi connectivity index (χ0) is 23.5. The summed E-state index contributed by atoms with van der Waals surface area (Å²) in [5, 5.41) is 4.47. The van der Waals surface area contributed by atoms with Gasteiger partial charge >= 0.3 is 5.97 Å². The number of H-pyrrole nitrogens is 1. The molecule has 8 nitrogen and oxygen atoms in total. The molecule has 2 aromatic heterocycles. The number of nitrogens with one attached hydrogen (secondary N) is 1. The first-order valence-electron chi connectivity index (χ1n) is 10.8. The lowest BCUT2D eigenvalue weighted by Gasteiger charge is -2.17. The Hall–Kier alpha value is -3.42. The highest BCUT2D eigenvalue weighted by atomic mass is 16.6. The van der Waals surface area contributed by atoms with Crippen LogP contribution in [-0.2, 0) is 23.0 Å². The van der Waals surface area contributed by atoms with Gasteiger partial charge in [-0.1, -0.05) is 19.4 Å². The van der Waals surface area contributed by atoms with Crippen LogP contribution in [0.2, 0.25) is 0 Å². The van der Waals surface area contributed by atoms with Gasteiger partial charge in [-0.15, -0.1) is 0 Å². The number of carbonyl (C=O) groups excluding carboxylic acids is 1. The molecule has 0 fully saturated rings. The minimum atomic E-state index is -0.565. The largest absolute Gasteiger partial charge is 0.493 e. The van der Waals surface area contributed by atoms with Crippen LogP contribution in [-0.4, -0.2) is 37.9 Å². The molecule has 0 amide bonds. The van der Waals surface area contributed by atoms with Gasteiger partial charge in [0.25, 0.3) is 5.56 Å². The van der Waals surface area contributed by atoms with Crippen molar-refractivity contribution in [3.8, 4) is 17.1 Å².